The van der Waals surface area contributed by atoms with Crippen LogP contribution in [0.5, 0.6) is 0 Å². The zero-order valence-electron chi connectivity index (χ0n) is 9.72. The van der Waals surface area contributed by atoms with Crippen LogP contribution in [0.2, 0.25) is 0 Å². The number of rotatable bonds is 6. The fourth-order valence-electron chi connectivity index (χ4n) is 2.22. The van der Waals surface area contributed by atoms with Crippen LogP contribution < -0.4 is 5.32 Å². The van der Waals surface area contributed by atoms with Gasteiger partial charge in [-0.1, -0.05) is 32.6 Å². The molecule has 1 nitrogen and oxygen atoms in total. The molecule has 84 valence electrons. The lowest BCUT2D eigenvalue weighted by Crippen LogP contribution is -2.22. The van der Waals surface area contributed by atoms with E-state index in [4.69, 9.17) is 0 Å². The maximum absolute atomic E-state index is 3.52. The standard InChI is InChI=1S/C12H25NS/c1-11-3-5-12(6-4-11)7-8-13-9-10-14-2/h11-13H,3-10H2,1-2H3. The highest BCUT2D eigenvalue weighted by Crippen LogP contribution is 2.29. The second-order valence-electron chi connectivity index (χ2n) is 4.66. The molecular weight excluding hydrogens is 190 g/mol. The van der Waals surface area contributed by atoms with E-state index in [-0.39, 0.29) is 0 Å². The minimum absolute atomic E-state index is 0.996. The van der Waals surface area contributed by atoms with Gasteiger partial charge in [0.25, 0.3) is 0 Å². The molecule has 0 aromatic rings. The van der Waals surface area contributed by atoms with Gasteiger partial charge in [-0.05, 0) is 31.1 Å². The maximum Gasteiger partial charge on any atom is 0.00553 e. The molecule has 1 rings (SSSR count). The quantitative estimate of drug-likeness (QED) is 0.683. The minimum atomic E-state index is 0.996. The summed E-state index contributed by atoms with van der Waals surface area (Å²) < 4.78 is 0. The first-order chi connectivity index (χ1) is 6.83. The van der Waals surface area contributed by atoms with Crippen molar-refractivity contribution in [2.45, 2.75) is 39.0 Å². The van der Waals surface area contributed by atoms with Gasteiger partial charge in [0.2, 0.25) is 0 Å². The van der Waals surface area contributed by atoms with Gasteiger partial charge >= 0.3 is 0 Å². The molecule has 1 aliphatic carbocycles. The summed E-state index contributed by atoms with van der Waals surface area (Å²) >= 11 is 1.93. The molecule has 1 fully saturated rings. The van der Waals surface area contributed by atoms with Crippen molar-refractivity contribution in [2.75, 3.05) is 25.1 Å². The summed E-state index contributed by atoms with van der Waals surface area (Å²) in [6.07, 6.45) is 9.47. The van der Waals surface area contributed by atoms with E-state index in [1.165, 1.54) is 50.9 Å². The summed E-state index contributed by atoms with van der Waals surface area (Å²) in [6.45, 7) is 4.82. The summed E-state index contributed by atoms with van der Waals surface area (Å²) in [6, 6.07) is 0. The van der Waals surface area contributed by atoms with Crippen molar-refractivity contribution >= 4 is 11.8 Å². The molecular formula is C12H25NS. The van der Waals surface area contributed by atoms with Gasteiger partial charge in [-0.3, -0.25) is 0 Å². The second-order valence-corrected chi connectivity index (χ2v) is 5.64. The summed E-state index contributed by atoms with van der Waals surface area (Å²) in [7, 11) is 0. The van der Waals surface area contributed by atoms with Gasteiger partial charge < -0.3 is 5.32 Å². The molecule has 0 atom stereocenters. The minimum Gasteiger partial charge on any atom is -0.316 e. The van der Waals surface area contributed by atoms with Crippen LogP contribution >= 0.6 is 11.8 Å². The fourth-order valence-corrected chi connectivity index (χ4v) is 2.57. The Hall–Kier alpha value is 0.310. The van der Waals surface area contributed by atoms with Crippen molar-refractivity contribution in [3.05, 3.63) is 0 Å². The van der Waals surface area contributed by atoms with Crippen molar-refractivity contribution in [3.63, 3.8) is 0 Å². The molecule has 0 saturated heterocycles. The third-order valence-electron chi connectivity index (χ3n) is 3.35. The predicted octanol–water partition coefficient (Wildman–Crippen LogP) is 3.16. The van der Waals surface area contributed by atoms with Gasteiger partial charge in [-0.15, -0.1) is 0 Å². The van der Waals surface area contributed by atoms with Crippen LogP contribution in [-0.4, -0.2) is 25.1 Å². The molecule has 0 aliphatic heterocycles. The van der Waals surface area contributed by atoms with Crippen LogP contribution in [-0.2, 0) is 0 Å². The van der Waals surface area contributed by atoms with E-state index < -0.39 is 0 Å². The first-order valence-corrected chi connectivity index (χ1v) is 7.42. The number of thioether (sulfide) groups is 1. The lowest BCUT2D eigenvalue weighted by Gasteiger charge is -2.26. The Morgan fingerprint density at radius 3 is 2.50 bits per heavy atom. The zero-order valence-corrected chi connectivity index (χ0v) is 10.5. The highest BCUT2D eigenvalue weighted by atomic mass is 32.2. The molecule has 1 aliphatic rings. The van der Waals surface area contributed by atoms with Crippen LogP contribution in [0.15, 0.2) is 0 Å². The average Bonchev–Trinajstić information content (AvgIpc) is 2.21. The largest absolute Gasteiger partial charge is 0.316 e. The molecule has 0 bridgehead atoms. The monoisotopic (exact) mass is 215 g/mol. The van der Waals surface area contributed by atoms with E-state index in [1.54, 1.807) is 0 Å². The Kier molecular flexibility index (Phi) is 6.70. The molecule has 0 spiro atoms. The first kappa shape index (κ1) is 12.4. The molecule has 0 aromatic heterocycles. The van der Waals surface area contributed by atoms with E-state index in [0.717, 1.165) is 11.8 Å². The summed E-state index contributed by atoms with van der Waals surface area (Å²) in [4.78, 5) is 0. The van der Waals surface area contributed by atoms with Crippen molar-refractivity contribution in [2.24, 2.45) is 11.8 Å². The molecule has 0 amide bonds. The third kappa shape index (κ3) is 5.26. The van der Waals surface area contributed by atoms with Crippen molar-refractivity contribution < 1.29 is 0 Å². The summed E-state index contributed by atoms with van der Waals surface area (Å²) in [5.74, 6) is 3.27. The van der Waals surface area contributed by atoms with Crippen molar-refractivity contribution in [1.82, 2.24) is 5.32 Å². The molecule has 0 aromatic carbocycles. The smallest absolute Gasteiger partial charge is 0.00553 e. The fraction of sp³-hybridized carbons (Fsp3) is 1.00. The molecule has 0 radical (unpaired) electrons. The molecule has 1 saturated carbocycles. The summed E-state index contributed by atoms with van der Waals surface area (Å²) in [5.41, 5.74) is 0. The van der Waals surface area contributed by atoms with Gasteiger partial charge in [0, 0.05) is 12.3 Å². The van der Waals surface area contributed by atoms with Crippen LogP contribution in [0.25, 0.3) is 0 Å². The predicted molar refractivity (Wildman–Crippen MR) is 67.0 cm³/mol. The van der Waals surface area contributed by atoms with Gasteiger partial charge in [-0.25, -0.2) is 0 Å². The van der Waals surface area contributed by atoms with Crippen molar-refractivity contribution in [3.8, 4) is 0 Å². The number of nitrogens with one attached hydrogen (secondary N) is 1. The lowest BCUT2D eigenvalue weighted by molar-refractivity contribution is 0.276. The third-order valence-corrected chi connectivity index (χ3v) is 3.96. The maximum atomic E-state index is 3.52. The van der Waals surface area contributed by atoms with Gasteiger partial charge in [0.15, 0.2) is 0 Å². The Morgan fingerprint density at radius 2 is 1.86 bits per heavy atom. The number of hydrogen-bond acceptors (Lipinski definition) is 2. The average molecular weight is 215 g/mol. The zero-order chi connectivity index (χ0) is 10.2. The second kappa shape index (κ2) is 7.58. The first-order valence-electron chi connectivity index (χ1n) is 6.02. The highest BCUT2D eigenvalue weighted by Gasteiger charge is 2.17. The highest BCUT2D eigenvalue weighted by molar-refractivity contribution is 7.98. The van der Waals surface area contributed by atoms with Crippen LogP contribution in [0, 0.1) is 11.8 Å². The molecule has 0 heterocycles. The van der Waals surface area contributed by atoms with Crippen LogP contribution in [0.4, 0.5) is 0 Å². The van der Waals surface area contributed by atoms with Crippen LogP contribution in [0.3, 0.4) is 0 Å². The van der Waals surface area contributed by atoms with E-state index in [1.807, 2.05) is 11.8 Å². The van der Waals surface area contributed by atoms with Crippen molar-refractivity contribution in [1.29, 1.82) is 0 Å². The van der Waals surface area contributed by atoms with Gasteiger partial charge in [-0.2, -0.15) is 11.8 Å². The molecule has 0 unspecified atom stereocenters. The summed E-state index contributed by atoms with van der Waals surface area (Å²) in [5, 5.41) is 3.52. The van der Waals surface area contributed by atoms with Gasteiger partial charge in [0.1, 0.15) is 0 Å². The van der Waals surface area contributed by atoms with Gasteiger partial charge in [0.05, 0.1) is 0 Å². The van der Waals surface area contributed by atoms with E-state index >= 15 is 0 Å². The Labute approximate surface area is 93.4 Å². The van der Waals surface area contributed by atoms with E-state index in [0.29, 0.717) is 0 Å². The van der Waals surface area contributed by atoms with E-state index in [2.05, 4.69) is 18.5 Å². The molecule has 2 heteroatoms. The molecule has 14 heavy (non-hydrogen) atoms. The Morgan fingerprint density at radius 1 is 1.14 bits per heavy atom. The Balaban J connectivity index is 1.91. The normalized spacial score (nSPS) is 27.9. The topological polar surface area (TPSA) is 12.0 Å². The lowest BCUT2D eigenvalue weighted by atomic mass is 9.81. The Bertz CT molecular complexity index is 130. The van der Waals surface area contributed by atoms with E-state index in [9.17, 15) is 0 Å². The molecule has 1 N–H and O–H groups in total. The number of hydrogen-bond donors (Lipinski definition) is 1. The van der Waals surface area contributed by atoms with Crippen LogP contribution in [0.1, 0.15) is 39.0 Å². The SMILES string of the molecule is CSCCNCCC1CCC(C)CC1.